The minimum absolute atomic E-state index is 0.446. The number of halogens is 1. The van der Waals surface area contributed by atoms with Crippen LogP contribution in [0.2, 0.25) is 0 Å². The molecule has 116 valence electrons. The third kappa shape index (κ3) is 8.53. The number of aromatic nitrogens is 2. The summed E-state index contributed by atoms with van der Waals surface area (Å²) < 4.78 is 18.2. The quantitative estimate of drug-likeness (QED) is 0.415. The van der Waals surface area contributed by atoms with Gasteiger partial charge in [-0.2, -0.15) is 0 Å². The minimum Gasteiger partial charge on any atom is -0.379 e. The van der Waals surface area contributed by atoms with E-state index in [4.69, 9.17) is 25.8 Å². The molecule has 0 aliphatic carbocycles. The van der Waals surface area contributed by atoms with Gasteiger partial charge in [0.15, 0.2) is 0 Å². The zero-order valence-electron chi connectivity index (χ0n) is 12.2. The lowest BCUT2D eigenvalue weighted by Gasteiger charge is -2.07. The molecule has 20 heavy (non-hydrogen) atoms. The lowest BCUT2D eigenvalue weighted by atomic mass is 10.4. The van der Waals surface area contributed by atoms with Crippen molar-refractivity contribution >= 4 is 11.6 Å². The Morgan fingerprint density at radius 1 is 1.05 bits per heavy atom. The van der Waals surface area contributed by atoms with Gasteiger partial charge in [0, 0.05) is 19.3 Å². The molecule has 1 rings (SSSR count). The van der Waals surface area contributed by atoms with Gasteiger partial charge in [-0.15, -0.1) is 11.6 Å². The SMILES string of the molecule is CCCCOCCOCCOCCn1cnc(CCl)c1. The number of alkyl halides is 1. The second-order valence-electron chi connectivity index (χ2n) is 4.43. The van der Waals surface area contributed by atoms with E-state index in [0.717, 1.165) is 31.7 Å². The molecule has 0 N–H and O–H groups in total. The van der Waals surface area contributed by atoms with Crippen LogP contribution in [-0.2, 0) is 26.6 Å². The van der Waals surface area contributed by atoms with E-state index in [2.05, 4.69) is 11.9 Å². The molecule has 0 radical (unpaired) electrons. The van der Waals surface area contributed by atoms with E-state index in [1.807, 2.05) is 10.8 Å². The lowest BCUT2D eigenvalue weighted by molar-refractivity contribution is 0.0127. The minimum atomic E-state index is 0.446. The van der Waals surface area contributed by atoms with Gasteiger partial charge in [0.25, 0.3) is 0 Å². The Balaban J connectivity index is 1.83. The summed E-state index contributed by atoms with van der Waals surface area (Å²) in [6.45, 7) is 6.91. The summed E-state index contributed by atoms with van der Waals surface area (Å²) in [5.74, 6) is 0.446. The topological polar surface area (TPSA) is 45.5 Å². The van der Waals surface area contributed by atoms with Gasteiger partial charge in [0.05, 0.1) is 50.9 Å². The highest BCUT2D eigenvalue weighted by Crippen LogP contribution is 1.99. The summed E-state index contributed by atoms with van der Waals surface area (Å²) in [4.78, 5) is 4.14. The van der Waals surface area contributed by atoms with Crippen molar-refractivity contribution in [2.75, 3.05) is 39.6 Å². The summed E-state index contributed by atoms with van der Waals surface area (Å²) in [5, 5.41) is 0. The van der Waals surface area contributed by atoms with E-state index in [0.29, 0.717) is 38.9 Å². The zero-order chi connectivity index (χ0) is 14.5. The Morgan fingerprint density at radius 2 is 1.70 bits per heavy atom. The van der Waals surface area contributed by atoms with Crippen LogP contribution in [0.25, 0.3) is 0 Å². The van der Waals surface area contributed by atoms with Crippen molar-refractivity contribution in [1.29, 1.82) is 0 Å². The summed E-state index contributed by atoms with van der Waals surface area (Å²) in [7, 11) is 0. The molecule has 0 saturated carbocycles. The van der Waals surface area contributed by atoms with Gasteiger partial charge in [-0.3, -0.25) is 0 Å². The van der Waals surface area contributed by atoms with Crippen molar-refractivity contribution in [1.82, 2.24) is 9.55 Å². The highest BCUT2D eigenvalue weighted by molar-refractivity contribution is 6.16. The largest absolute Gasteiger partial charge is 0.379 e. The first-order valence-electron chi connectivity index (χ1n) is 7.16. The van der Waals surface area contributed by atoms with Gasteiger partial charge in [-0.1, -0.05) is 13.3 Å². The number of rotatable bonds is 13. The Hall–Kier alpha value is -0.620. The van der Waals surface area contributed by atoms with Gasteiger partial charge in [0.1, 0.15) is 0 Å². The standard InChI is InChI=1S/C14H25ClN2O3/c1-2-3-5-18-7-9-20-10-8-19-6-4-17-12-14(11-15)16-13-17/h12-13H,2-11H2,1H3. The normalized spacial score (nSPS) is 11.1. The molecule has 0 bridgehead atoms. The highest BCUT2D eigenvalue weighted by atomic mass is 35.5. The van der Waals surface area contributed by atoms with Crippen molar-refractivity contribution in [3.8, 4) is 0 Å². The molecule has 1 aromatic rings. The molecule has 0 unspecified atom stereocenters. The van der Waals surface area contributed by atoms with Crippen LogP contribution >= 0.6 is 11.6 Å². The van der Waals surface area contributed by atoms with Crippen molar-refractivity contribution in [3.05, 3.63) is 18.2 Å². The lowest BCUT2D eigenvalue weighted by Crippen LogP contribution is -2.12. The molecule has 1 heterocycles. The molecule has 0 atom stereocenters. The maximum Gasteiger partial charge on any atom is 0.0950 e. The molecule has 0 spiro atoms. The second-order valence-corrected chi connectivity index (χ2v) is 4.69. The van der Waals surface area contributed by atoms with E-state index in [1.54, 1.807) is 6.33 Å². The average Bonchev–Trinajstić information content (AvgIpc) is 2.93. The molecule has 1 aromatic heterocycles. The van der Waals surface area contributed by atoms with Crippen LogP contribution < -0.4 is 0 Å². The van der Waals surface area contributed by atoms with E-state index >= 15 is 0 Å². The Bertz CT molecular complexity index is 334. The van der Waals surface area contributed by atoms with Crippen molar-refractivity contribution in [2.45, 2.75) is 32.2 Å². The van der Waals surface area contributed by atoms with E-state index < -0.39 is 0 Å². The second kappa shape index (κ2) is 12.1. The van der Waals surface area contributed by atoms with Crippen LogP contribution in [0.15, 0.2) is 12.5 Å². The third-order valence-electron chi connectivity index (χ3n) is 2.70. The first kappa shape index (κ1) is 17.4. The highest BCUT2D eigenvalue weighted by Gasteiger charge is 1.97. The Morgan fingerprint density at radius 3 is 2.30 bits per heavy atom. The molecule has 0 aromatic carbocycles. The summed E-state index contributed by atoms with van der Waals surface area (Å²) in [6, 6.07) is 0. The molecule has 0 amide bonds. The summed E-state index contributed by atoms with van der Waals surface area (Å²) >= 11 is 5.68. The van der Waals surface area contributed by atoms with Crippen LogP contribution in [0.3, 0.4) is 0 Å². The molecule has 0 fully saturated rings. The molecule has 6 heteroatoms. The van der Waals surface area contributed by atoms with E-state index in [-0.39, 0.29) is 0 Å². The fourth-order valence-electron chi connectivity index (χ4n) is 1.56. The number of nitrogens with zero attached hydrogens (tertiary/aromatic N) is 2. The number of imidazole rings is 1. The van der Waals surface area contributed by atoms with Gasteiger partial charge in [0.2, 0.25) is 0 Å². The monoisotopic (exact) mass is 304 g/mol. The van der Waals surface area contributed by atoms with Gasteiger partial charge in [-0.05, 0) is 6.42 Å². The predicted octanol–water partition coefficient (Wildman–Crippen LogP) is 2.47. The zero-order valence-corrected chi connectivity index (χ0v) is 13.0. The fraction of sp³-hybridized carbons (Fsp3) is 0.786. The Kier molecular flexibility index (Phi) is 10.6. The Labute approximate surface area is 126 Å². The molecule has 5 nitrogen and oxygen atoms in total. The maximum atomic E-state index is 5.68. The van der Waals surface area contributed by atoms with Crippen LogP contribution in [0.5, 0.6) is 0 Å². The smallest absolute Gasteiger partial charge is 0.0950 e. The number of hydrogen-bond donors (Lipinski definition) is 0. The molecular formula is C14H25ClN2O3. The third-order valence-corrected chi connectivity index (χ3v) is 2.98. The van der Waals surface area contributed by atoms with Crippen molar-refractivity contribution in [3.63, 3.8) is 0 Å². The fourth-order valence-corrected chi connectivity index (χ4v) is 1.69. The van der Waals surface area contributed by atoms with Crippen molar-refractivity contribution < 1.29 is 14.2 Å². The maximum absolute atomic E-state index is 5.68. The van der Waals surface area contributed by atoms with E-state index in [1.165, 1.54) is 0 Å². The first-order valence-corrected chi connectivity index (χ1v) is 7.70. The summed E-state index contributed by atoms with van der Waals surface area (Å²) in [6.07, 6.45) is 5.98. The van der Waals surface area contributed by atoms with E-state index in [9.17, 15) is 0 Å². The number of hydrogen-bond acceptors (Lipinski definition) is 4. The van der Waals surface area contributed by atoms with Crippen LogP contribution in [0.1, 0.15) is 25.5 Å². The number of ether oxygens (including phenoxy) is 3. The summed E-state index contributed by atoms with van der Waals surface area (Å²) in [5.41, 5.74) is 0.887. The van der Waals surface area contributed by atoms with Crippen molar-refractivity contribution in [2.24, 2.45) is 0 Å². The van der Waals surface area contributed by atoms with Gasteiger partial charge >= 0.3 is 0 Å². The van der Waals surface area contributed by atoms with Gasteiger partial charge < -0.3 is 18.8 Å². The average molecular weight is 305 g/mol. The van der Waals surface area contributed by atoms with Crippen LogP contribution in [0.4, 0.5) is 0 Å². The molecule has 0 aliphatic rings. The van der Waals surface area contributed by atoms with Crippen LogP contribution in [0, 0.1) is 0 Å². The van der Waals surface area contributed by atoms with Crippen LogP contribution in [-0.4, -0.2) is 49.2 Å². The molecule has 0 aliphatic heterocycles. The predicted molar refractivity (Wildman–Crippen MR) is 79.1 cm³/mol. The molecular weight excluding hydrogens is 280 g/mol. The van der Waals surface area contributed by atoms with Gasteiger partial charge in [-0.25, -0.2) is 4.98 Å². The molecule has 0 saturated heterocycles. The first-order chi connectivity index (χ1) is 9.86. The number of unbranched alkanes of at least 4 members (excludes halogenated alkanes) is 1.